The summed E-state index contributed by atoms with van der Waals surface area (Å²) in [6.07, 6.45) is 3.59. The van der Waals surface area contributed by atoms with Gasteiger partial charge in [0, 0.05) is 26.2 Å². The number of halogens is 1. The third-order valence-corrected chi connectivity index (χ3v) is 3.68. The molecule has 0 heterocycles. The van der Waals surface area contributed by atoms with Crippen molar-refractivity contribution in [2.75, 3.05) is 20.1 Å². The molecule has 5 nitrogen and oxygen atoms in total. The van der Waals surface area contributed by atoms with E-state index in [1.165, 1.54) is 12.8 Å². The van der Waals surface area contributed by atoms with Crippen LogP contribution in [-0.4, -0.2) is 38.0 Å². The average molecular weight is 440 g/mol. The van der Waals surface area contributed by atoms with Crippen molar-refractivity contribution in [2.24, 2.45) is 16.3 Å². The molecule has 0 rings (SSSR count). The van der Waals surface area contributed by atoms with Crippen LogP contribution in [0.15, 0.2) is 4.99 Å². The van der Waals surface area contributed by atoms with Gasteiger partial charge >= 0.3 is 0 Å². The number of guanidine groups is 1. The Hall–Kier alpha value is -0.530. The minimum atomic E-state index is -0.464. The maximum atomic E-state index is 12.0. The zero-order chi connectivity index (χ0) is 17.2. The summed E-state index contributed by atoms with van der Waals surface area (Å²) in [5, 5.41) is 9.52. The van der Waals surface area contributed by atoms with Gasteiger partial charge in [0.25, 0.3) is 0 Å². The molecule has 0 saturated heterocycles. The van der Waals surface area contributed by atoms with Gasteiger partial charge in [-0.2, -0.15) is 0 Å². The summed E-state index contributed by atoms with van der Waals surface area (Å²) in [5.74, 6) is 1.57. The fourth-order valence-corrected chi connectivity index (χ4v) is 2.12. The van der Waals surface area contributed by atoms with Crippen molar-refractivity contribution in [2.45, 2.75) is 66.8 Å². The number of nitrogens with one attached hydrogen (secondary N) is 3. The Morgan fingerprint density at radius 2 is 1.74 bits per heavy atom. The summed E-state index contributed by atoms with van der Waals surface area (Å²) in [5.41, 5.74) is -0.464. The van der Waals surface area contributed by atoms with E-state index in [4.69, 9.17) is 0 Å². The average Bonchev–Trinajstić information content (AvgIpc) is 2.43. The Bertz CT molecular complexity index is 357. The molecule has 0 aromatic heterocycles. The molecule has 0 aliphatic heterocycles. The lowest BCUT2D eigenvalue weighted by atomic mass is 9.92. The van der Waals surface area contributed by atoms with E-state index in [1.807, 2.05) is 20.8 Å². The number of aliphatic imine (C=N–C) groups is 1. The standard InChI is InChI=1S/C17H36N4O.HI/c1-8-19-15(22)17(5,6)12-20-16(18-7)21-14(4)11-9-10-13(2)3;/h13-14H,8-12H2,1-7H3,(H,19,22)(H2,18,20,21);1H. The summed E-state index contributed by atoms with van der Waals surface area (Å²) in [6.45, 7) is 13.7. The Kier molecular flexibility index (Phi) is 13.8. The second-order valence-electron chi connectivity index (χ2n) is 7.04. The van der Waals surface area contributed by atoms with E-state index in [0.717, 1.165) is 18.3 Å². The summed E-state index contributed by atoms with van der Waals surface area (Å²) in [4.78, 5) is 16.2. The number of carbonyl (C=O) groups is 1. The van der Waals surface area contributed by atoms with Crippen LogP contribution in [0.5, 0.6) is 0 Å². The Balaban J connectivity index is 0. The van der Waals surface area contributed by atoms with E-state index >= 15 is 0 Å². The first kappa shape index (κ1) is 24.7. The van der Waals surface area contributed by atoms with Gasteiger partial charge in [0.1, 0.15) is 0 Å². The van der Waals surface area contributed by atoms with Crippen molar-refractivity contribution < 1.29 is 4.79 Å². The summed E-state index contributed by atoms with van der Waals surface area (Å²) >= 11 is 0. The smallest absolute Gasteiger partial charge is 0.227 e. The predicted molar refractivity (Wildman–Crippen MR) is 111 cm³/mol. The quantitative estimate of drug-likeness (QED) is 0.293. The van der Waals surface area contributed by atoms with E-state index in [2.05, 4.69) is 41.7 Å². The Labute approximate surface area is 159 Å². The molecule has 0 aromatic rings. The highest BCUT2D eigenvalue weighted by Gasteiger charge is 2.27. The first-order valence-corrected chi connectivity index (χ1v) is 8.48. The van der Waals surface area contributed by atoms with Crippen LogP contribution in [0, 0.1) is 11.3 Å². The molecule has 1 unspecified atom stereocenters. The fraction of sp³-hybridized carbons (Fsp3) is 0.882. The third-order valence-electron chi connectivity index (χ3n) is 3.68. The molecule has 1 amide bonds. The van der Waals surface area contributed by atoms with Crippen LogP contribution in [-0.2, 0) is 4.79 Å². The summed E-state index contributed by atoms with van der Waals surface area (Å²) in [6, 6.07) is 0.373. The monoisotopic (exact) mass is 440 g/mol. The second-order valence-corrected chi connectivity index (χ2v) is 7.04. The van der Waals surface area contributed by atoms with Gasteiger partial charge in [-0.25, -0.2) is 0 Å². The van der Waals surface area contributed by atoms with Crippen molar-refractivity contribution in [3.8, 4) is 0 Å². The minimum Gasteiger partial charge on any atom is -0.356 e. The van der Waals surface area contributed by atoms with Gasteiger partial charge in [0.05, 0.1) is 5.41 Å². The van der Waals surface area contributed by atoms with E-state index in [1.54, 1.807) is 7.05 Å². The largest absolute Gasteiger partial charge is 0.356 e. The lowest BCUT2D eigenvalue weighted by molar-refractivity contribution is -0.128. The fourth-order valence-electron chi connectivity index (χ4n) is 2.12. The Morgan fingerprint density at radius 1 is 1.13 bits per heavy atom. The highest BCUT2D eigenvalue weighted by molar-refractivity contribution is 14.0. The topological polar surface area (TPSA) is 65.5 Å². The maximum Gasteiger partial charge on any atom is 0.227 e. The SMILES string of the molecule is CCNC(=O)C(C)(C)CNC(=NC)NC(C)CCCC(C)C.I. The molecule has 0 bridgehead atoms. The first-order chi connectivity index (χ1) is 10.2. The molecule has 0 aliphatic carbocycles. The van der Waals surface area contributed by atoms with Crippen LogP contribution >= 0.6 is 24.0 Å². The van der Waals surface area contributed by atoms with E-state index in [9.17, 15) is 4.79 Å². The number of hydrogen-bond acceptors (Lipinski definition) is 2. The van der Waals surface area contributed by atoms with Gasteiger partial charge in [-0.15, -0.1) is 24.0 Å². The molecule has 0 aromatic carbocycles. The molecule has 0 radical (unpaired) electrons. The normalized spacial score (nSPS) is 13.3. The molecule has 1 atom stereocenters. The van der Waals surface area contributed by atoms with Crippen molar-refractivity contribution in [1.29, 1.82) is 0 Å². The maximum absolute atomic E-state index is 12.0. The molecule has 0 fully saturated rings. The van der Waals surface area contributed by atoms with Crippen molar-refractivity contribution >= 4 is 35.8 Å². The predicted octanol–water partition coefficient (Wildman–Crippen LogP) is 3.15. The summed E-state index contributed by atoms with van der Waals surface area (Å²) in [7, 11) is 1.76. The van der Waals surface area contributed by atoms with Crippen molar-refractivity contribution in [3.63, 3.8) is 0 Å². The van der Waals surface area contributed by atoms with Crippen LogP contribution in [0.2, 0.25) is 0 Å². The lowest BCUT2D eigenvalue weighted by Crippen LogP contribution is -2.49. The van der Waals surface area contributed by atoms with Crippen LogP contribution in [0.25, 0.3) is 0 Å². The number of rotatable bonds is 9. The molecule has 0 spiro atoms. The minimum absolute atomic E-state index is 0. The van der Waals surface area contributed by atoms with Crippen LogP contribution < -0.4 is 16.0 Å². The third kappa shape index (κ3) is 11.6. The van der Waals surface area contributed by atoms with Crippen molar-refractivity contribution in [3.05, 3.63) is 0 Å². The zero-order valence-electron chi connectivity index (χ0n) is 16.0. The molecule has 6 heteroatoms. The summed E-state index contributed by atoms with van der Waals surface area (Å²) < 4.78 is 0. The Morgan fingerprint density at radius 3 is 2.22 bits per heavy atom. The van der Waals surface area contributed by atoms with Crippen LogP contribution in [0.4, 0.5) is 0 Å². The van der Waals surface area contributed by atoms with Crippen LogP contribution in [0.3, 0.4) is 0 Å². The van der Waals surface area contributed by atoms with Gasteiger partial charge in [0.2, 0.25) is 5.91 Å². The van der Waals surface area contributed by atoms with Gasteiger partial charge < -0.3 is 16.0 Å². The number of carbonyl (C=O) groups excluding carboxylic acids is 1. The second kappa shape index (κ2) is 12.8. The molecule has 138 valence electrons. The molecular weight excluding hydrogens is 403 g/mol. The van der Waals surface area contributed by atoms with Crippen molar-refractivity contribution in [1.82, 2.24) is 16.0 Å². The molecule has 23 heavy (non-hydrogen) atoms. The zero-order valence-corrected chi connectivity index (χ0v) is 18.3. The molecule has 0 saturated carbocycles. The molecule has 3 N–H and O–H groups in total. The number of amides is 1. The van der Waals surface area contributed by atoms with E-state index < -0.39 is 5.41 Å². The van der Waals surface area contributed by atoms with Gasteiger partial charge in [-0.3, -0.25) is 9.79 Å². The highest BCUT2D eigenvalue weighted by Crippen LogP contribution is 2.13. The van der Waals surface area contributed by atoms with E-state index in [-0.39, 0.29) is 29.9 Å². The highest BCUT2D eigenvalue weighted by atomic mass is 127. The number of hydrogen-bond donors (Lipinski definition) is 3. The van der Waals surface area contributed by atoms with Gasteiger partial charge in [-0.1, -0.05) is 26.7 Å². The number of nitrogens with zero attached hydrogens (tertiary/aromatic N) is 1. The van der Waals surface area contributed by atoms with Crippen LogP contribution in [0.1, 0.15) is 60.8 Å². The van der Waals surface area contributed by atoms with Gasteiger partial charge in [0.15, 0.2) is 5.96 Å². The van der Waals surface area contributed by atoms with Gasteiger partial charge in [-0.05, 0) is 40.0 Å². The lowest BCUT2D eigenvalue weighted by Gasteiger charge is -2.26. The van der Waals surface area contributed by atoms with E-state index in [0.29, 0.717) is 19.1 Å². The molecule has 0 aliphatic rings. The molecular formula is C17H37IN4O. The first-order valence-electron chi connectivity index (χ1n) is 8.48.